The summed E-state index contributed by atoms with van der Waals surface area (Å²) in [4.78, 5) is 4.36. The van der Waals surface area contributed by atoms with Crippen LogP contribution in [0.3, 0.4) is 0 Å². The second-order valence-electron chi connectivity index (χ2n) is 4.98. The third-order valence-corrected chi connectivity index (χ3v) is 3.08. The number of nitrogens with zero attached hydrogens (tertiary/aromatic N) is 3. The normalized spacial score (nSPS) is 13.1. The largest absolute Gasteiger partial charge is 0.465 e. The molecule has 2 heterocycles. The number of hydrogen-bond donors (Lipinski definition) is 1. The lowest BCUT2D eigenvalue weighted by molar-refractivity contribution is 0.389. The molecule has 19 heavy (non-hydrogen) atoms. The number of nitrogens with one attached hydrogen (secondary N) is 1. The summed E-state index contributed by atoms with van der Waals surface area (Å²) < 4.78 is 7.69. The topological polar surface area (TPSA) is 55.9 Å². The summed E-state index contributed by atoms with van der Waals surface area (Å²) in [6.45, 7) is 9.16. The van der Waals surface area contributed by atoms with Gasteiger partial charge in [0.2, 0.25) is 0 Å². The molecule has 0 radical (unpaired) electrons. The molecular formula is C14H22N4O. The average molecular weight is 262 g/mol. The van der Waals surface area contributed by atoms with Crippen LogP contribution in [0.4, 0.5) is 0 Å². The molecule has 1 unspecified atom stereocenters. The van der Waals surface area contributed by atoms with Crippen LogP contribution in [-0.2, 0) is 6.42 Å². The number of rotatable bonds is 6. The molecule has 2 rings (SSSR count). The molecule has 0 fully saturated rings. The Morgan fingerprint density at radius 2 is 2.16 bits per heavy atom. The van der Waals surface area contributed by atoms with Gasteiger partial charge in [-0.1, -0.05) is 6.92 Å². The number of aryl methyl sites for hydroxylation is 1. The van der Waals surface area contributed by atoms with Crippen molar-refractivity contribution in [3.8, 4) is 0 Å². The summed E-state index contributed by atoms with van der Waals surface area (Å²) in [5.74, 6) is 2.87. The second kappa shape index (κ2) is 6.02. The summed E-state index contributed by atoms with van der Waals surface area (Å²) >= 11 is 0. The predicted octanol–water partition coefficient (Wildman–Crippen LogP) is 2.65. The summed E-state index contributed by atoms with van der Waals surface area (Å²) in [5.41, 5.74) is 0. The zero-order chi connectivity index (χ0) is 13.8. The molecule has 0 spiro atoms. The van der Waals surface area contributed by atoms with E-state index in [1.54, 1.807) is 6.33 Å². The SMILES string of the molecule is CCNC(Cc1ncnn1C(C)C)c1ccc(C)o1. The van der Waals surface area contributed by atoms with Gasteiger partial charge in [-0.05, 0) is 39.4 Å². The van der Waals surface area contributed by atoms with Gasteiger partial charge in [0.1, 0.15) is 23.7 Å². The van der Waals surface area contributed by atoms with Gasteiger partial charge in [-0.2, -0.15) is 5.10 Å². The van der Waals surface area contributed by atoms with Crippen LogP contribution < -0.4 is 5.32 Å². The van der Waals surface area contributed by atoms with E-state index in [1.807, 2.05) is 23.7 Å². The molecule has 104 valence electrons. The van der Waals surface area contributed by atoms with E-state index in [-0.39, 0.29) is 6.04 Å². The van der Waals surface area contributed by atoms with Crippen LogP contribution in [0.1, 0.15) is 50.2 Å². The van der Waals surface area contributed by atoms with Gasteiger partial charge in [0.25, 0.3) is 0 Å². The van der Waals surface area contributed by atoms with Gasteiger partial charge in [0, 0.05) is 12.5 Å². The van der Waals surface area contributed by atoms with Crippen LogP contribution in [0.5, 0.6) is 0 Å². The second-order valence-corrected chi connectivity index (χ2v) is 4.98. The summed E-state index contributed by atoms with van der Waals surface area (Å²) in [7, 11) is 0. The molecule has 2 aromatic heterocycles. The van der Waals surface area contributed by atoms with Gasteiger partial charge in [-0.3, -0.25) is 0 Å². The van der Waals surface area contributed by atoms with Crippen molar-refractivity contribution in [2.45, 2.75) is 46.2 Å². The monoisotopic (exact) mass is 262 g/mol. The zero-order valence-corrected chi connectivity index (χ0v) is 12.1. The predicted molar refractivity (Wildman–Crippen MR) is 74.0 cm³/mol. The van der Waals surface area contributed by atoms with E-state index in [2.05, 4.69) is 36.2 Å². The highest BCUT2D eigenvalue weighted by atomic mass is 16.3. The van der Waals surface area contributed by atoms with Crippen molar-refractivity contribution in [1.82, 2.24) is 20.1 Å². The van der Waals surface area contributed by atoms with Gasteiger partial charge in [0.15, 0.2) is 0 Å². The molecular weight excluding hydrogens is 240 g/mol. The third-order valence-electron chi connectivity index (χ3n) is 3.08. The molecule has 0 saturated carbocycles. The summed E-state index contributed by atoms with van der Waals surface area (Å²) in [5, 5.41) is 7.72. The van der Waals surface area contributed by atoms with Gasteiger partial charge in [-0.15, -0.1) is 0 Å². The van der Waals surface area contributed by atoms with E-state index in [0.29, 0.717) is 6.04 Å². The number of hydrogen-bond acceptors (Lipinski definition) is 4. The minimum absolute atomic E-state index is 0.139. The standard InChI is InChI=1S/C14H22N4O/c1-5-15-12(13-7-6-11(4)19-13)8-14-16-9-17-18(14)10(2)3/h6-7,9-10,12,15H,5,8H2,1-4H3. The Morgan fingerprint density at radius 3 is 2.74 bits per heavy atom. The maximum atomic E-state index is 5.73. The molecule has 0 amide bonds. The lowest BCUT2D eigenvalue weighted by Gasteiger charge is -2.16. The van der Waals surface area contributed by atoms with Crippen LogP contribution in [0.15, 0.2) is 22.9 Å². The third kappa shape index (κ3) is 3.23. The maximum absolute atomic E-state index is 5.73. The van der Waals surface area contributed by atoms with E-state index in [9.17, 15) is 0 Å². The molecule has 0 aliphatic heterocycles. The van der Waals surface area contributed by atoms with Crippen LogP contribution in [-0.4, -0.2) is 21.3 Å². The molecule has 0 aliphatic carbocycles. The minimum Gasteiger partial charge on any atom is -0.465 e. The van der Waals surface area contributed by atoms with E-state index in [0.717, 1.165) is 30.3 Å². The Kier molecular flexibility index (Phi) is 4.37. The smallest absolute Gasteiger partial charge is 0.138 e. The molecule has 1 atom stereocenters. The van der Waals surface area contributed by atoms with Gasteiger partial charge < -0.3 is 9.73 Å². The van der Waals surface area contributed by atoms with Gasteiger partial charge in [-0.25, -0.2) is 9.67 Å². The van der Waals surface area contributed by atoms with Crippen molar-refractivity contribution in [3.05, 3.63) is 35.8 Å². The molecule has 0 aliphatic rings. The van der Waals surface area contributed by atoms with Crippen molar-refractivity contribution in [3.63, 3.8) is 0 Å². The first-order chi connectivity index (χ1) is 9.11. The van der Waals surface area contributed by atoms with E-state index in [4.69, 9.17) is 4.42 Å². The molecule has 0 bridgehead atoms. The fourth-order valence-corrected chi connectivity index (χ4v) is 2.19. The lowest BCUT2D eigenvalue weighted by atomic mass is 10.1. The lowest BCUT2D eigenvalue weighted by Crippen LogP contribution is -2.24. The highest BCUT2D eigenvalue weighted by Gasteiger charge is 2.18. The van der Waals surface area contributed by atoms with Crippen molar-refractivity contribution in [1.29, 1.82) is 0 Å². The average Bonchev–Trinajstić information content (AvgIpc) is 2.97. The first kappa shape index (κ1) is 13.8. The molecule has 5 heteroatoms. The fourth-order valence-electron chi connectivity index (χ4n) is 2.19. The van der Waals surface area contributed by atoms with Crippen molar-refractivity contribution in [2.75, 3.05) is 6.54 Å². The minimum atomic E-state index is 0.139. The maximum Gasteiger partial charge on any atom is 0.138 e. The molecule has 5 nitrogen and oxygen atoms in total. The van der Waals surface area contributed by atoms with Crippen molar-refractivity contribution in [2.24, 2.45) is 0 Å². The Bertz CT molecular complexity index is 515. The van der Waals surface area contributed by atoms with Gasteiger partial charge in [0.05, 0.1) is 6.04 Å². The van der Waals surface area contributed by atoms with Gasteiger partial charge >= 0.3 is 0 Å². The number of aromatic nitrogens is 3. The zero-order valence-electron chi connectivity index (χ0n) is 12.1. The molecule has 0 aromatic carbocycles. The Balaban J connectivity index is 2.19. The molecule has 2 aromatic rings. The summed E-state index contributed by atoms with van der Waals surface area (Å²) in [6.07, 6.45) is 2.39. The fraction of sp³-hybridized carbons (Fsp3) is 0.571. The summed E-state index contributed by atoms with van der Waals surface area (Å²) in [6, 6.07) is 4.48. The van der Waals surface area contributed by atoms with Crippen LogP contribution in [0.25, 0.3) is 0 Å². The number of furan rings is 1. The van der Waals surface area contributed by atoms with E-state index in [1.165, 1.54) is 0 Å². The van der Waals surface area contributed by atoms with Crippen LogP contribution in [0.2, 0.25) is 0 Å². The first-order valence-electron chi connectivity index (χ1n) is 6.80. The van der Waals surface area contributed by atoms with Crippen LogP contribution >= 0.6 is 0 Å². The van der Waals surface area contributed by atoms with Crippen molar-refractivity contribution >= 4 is 0 Å². The molecule has 1 N–H and O–H groups in total. The first-order valence-corrected chi connectivity index (χ1v) is 6.80. The highest BCUT2D eigenvalue weighted by molar-refractivity contribution is 5.11. The Morgan fingerprint density at radius 1 is 1.37 bits per heavy atom. The Hall–Kier alpha value is -1.62. The Labute approximate surface area is 114 Å². The van der Waals surface area contributed by atoms with E-state index >= 15 is 0 Å². The van der Waals surface area contributed by atoms with E-state index < -0.39 is 0 Å². The quantitative estimate of drug-likeness (QED) is 0.869. The number of likely N-dealkylation sites (N-methyl/N-ethyl adjacent to an activating group) is 1. The van der Waals surface area contributed by atoms with Crippen molar-refractivity contribution < 1.29 is 4.42 Å². The highest BCUT2D eigenvalue weighted by Crippen LogP contribution is 2.20. The van der Waals surface area contributed by atoms with Crippen LogP contribution in [0, 0.1) is 6.92 Å². The molecule has 0 saturated heterocycles.